The van der Waals surface area contributed by atoms with Gasteiger partial charge in [0.15, 0.2) is 0 Å². The van der Waals surface area contributed by atoms with Crippen molar-refractivity contribution in [2.24, 2.45) is 0 Å². The molecule has 0 saturated carbocycles. The van der Waals surface area contributed by atoms with E-state index in [4.69, 9.17) is 4.42 Å². The third kappa shape index (κ3) is 3.06. The van der Waals surface area contributed by atoms with Gasteiger partial charge in [-0.15, -0.1) is 0 Å². The van der Waals surface area contributed by atoms with Gasteiger partial charge in [0.05, 0.1) is 12.5 Å². The molecular weight excluding hydrogens is 290 g/mol. The van der Waals surface area contributed by atoms with E-state index in [9.17, 15) is 9.90 Å². The second-order valence-electron chi connectivity index (χ2n) is 5.67. The minimum absolute atomic E-state index is 0.0699. The summed E-state index contributed by atoms with van der Waals surface area (Å²) >= 11 is 0. The van der Waals surface area contributed by atoms with Crippen molar-refractivity contribution >= 4 is 16.9 Å². The number of fused-ring (bicyclic) bond motifs is 1. The van der Waals surface area contributed by atoms with Crippen LogP contribution in [-0.2, 0) is 11.2 Å². The maximum atomic E-state index is 12.5. The molecule has 1 heterocycles. The van der Waals surface area contributed by atoms with Gasteiger partial charge in [-0.3, -0.25) is 4.79 Å². The van der Waals surface area contributed by atoms with Crippen molar-refractivity contribution in [3.8, 4) is 5.75 Å². The molecule has 23 heavy (non-hydrogen) atoms. The Morgan fingerprint density at radius 1 is 1.17 bits per heavy atom. The third-order valence-corrected chi connectivity index (χ3v) is 4.16. The number of hydrogen-bond donors (Lipinski definition) is 1. The van der Waals surface area contributed by atoms with Crippen LogP contribution in [0, 0.1) is 0 Å². The fourth-order valence-corrected chi connectivity index (χ4v) is 2.56. The standard InChI is InChI=1S/C19H19NO3/c1-13(18-11-15-8-4-6-10-17(15)23-18)20(2)19(22)12-14-7-3-5-9-16(14)21/h3-11,13,21H,12H2,1-2H3. The smallest absolute Gasteiger partial charge is 0.227 e. The van der Waals surface area contributed by atoms with E-state index < -0.39 is 0 Å². The number of benzene rings is 2. The van der Waals surface area contributed by atoms with Crippen LogP contribution in [0.3, 0.4) is 0 Å². The molecule has 2 aromatic carbocycles. The van der Waals surface area contributed by atoms with Gasteiger partial charge in [-0.25, -0.2) is 0 Å². The molecule has 4 heteroatoms. The highest BCUT2D eigenvalue weighted by Crippen LogP contribution is 2.27. The lowest BCUT2D eigenvalue weighted by atomic mass is 10.1. The second kappa shape index (κ2) is 6.16. The van der Waals surface area contributed by atoms with E-state index in [1.807, 2.05) is 43.3 Å². The van der Waals surface area contributed by atoms with Crippen molar-refractivity contribution in [2.45, 2.75) is 19.4 Å². The zero-order valence-electron chi connectivity index (χ0n) is 13.2. The normalized spacial score (nSPS) is 12.3. The first-order valence-corrected chi connectivity index (χ1v) is 7.57. The summed E-state index contributed by atoms with van der Waals surface area (Å²) in [6, 6.07) is 16.5. The zero-order valence-corrected chi connectivity index (χ0v) is 13.2. The van der Waals surface area contributed by atoms with Gasteiger partial charge in [-0.2, -0.15) is 0 Å². The summed E-state index contributed by atoms with van der Waals surface area (Å²) in [5.74, 6) is 0.824. The fourth-order valence-electron chi connectivity index (χ4n) is 2.56. The second-order valence-corrected chi connectivity index (χ2v) is 5.67. The van der Waals surface area contributed by atoms with E-state index in [1.54, 1.807) is 30.1 Å². The number of nitrogens with zero attached hydrogens (tertiary/aromatic N) is 1. The van der Waals surface area contributed by atoms with Crippen molar-refractivity contribution in [1.82, 2.24) is 4.90 Å². The van der Waals surface area contributed by atoms with Gasteiger partial charge < -0.3 is 14.4 Å². The first-order chi connectivity index (χ1) is 11.1. The van der Waals surface area contributed by atoms with E-state index in [0.717, 1.165) is 16.7 Å². The summed E-state index contributed by atoms with van der Waals surface area (Å²) in [5, 5.41) is 10.8. The van der Waals surface area contributed by atoms with Crippen LogP contribution in [0.5, 0.6) is 5.75 Å². The van der Waals surface area contributed by atoms with Gasteiger partial charge in [-0.05, 0) is 25.1 Å². The minimum atomic E-state index is -0.180. The van der Waals surface area contributed by atoms with Crippen LogP contribution < -0.4 is 0 Å². The monoisotopic (exact) mass is 309 g/mol. The Kier molecular flexibility index (Phi) is 4.06. The molecule has 1 N–H and O–H groups in total. The maximum Gasteiger partial charge on any atom is 0.227 e. The lowest BCUT2D eigenvalue weighted by molar-refractivity contribution is -0.131. The third-order valence-electron chi connectivity index (χ3n) is 4.16. The number of likely N-dealkylation sites (N-methyl/N-ethyl adjacent to an activating group) is 1. The Labute approximate surface area is 135 Å². The van der Waals surface area contributed by atoms with Crippen LogP contribution in [0.2, 0.25) is 0 Å². The molecule has 3 aromatic rings. The lowest BCUT2D eigenvalue weighted by Gasteiger charge is -2.23. The Morgan fingerprint density at radius 2 is 1.87 bits per heavy atom. The summed E-state index contributed by atoms with van der Waals surface area (Å²) in [6.07, 6.45) is 0.160. The highest BCUT2D eigenvalue weighted by atomic mass is 16.3. The molecule has 0 saturated heterocycles. The maximum absolute atomic E-state index is 12.5. The lowest BCUT2D eigenvalue weighted by Crippen LogP contribution is -2.30. The highest BCUT2D eigenvalue weighted by molar-refractivity contribution is 5.80. The summed E-state index contributed by atoms with van der Waals surface area (Å²) in [7, 11) is 1.75. The van der Waals surface area contributed by atoms with Crippen LogP contribution in [-0.4, -0.2) is 23.0 Å². The first-order valence-electron chi connectivity index (χ1n) is 7.57. The van der Waals surface area contributed by atoms with Crippen molar-refractivity contribution in [1.29, 1.82) is 0 Å². The Bertz CT molecular complexity index is 804. The molecule has 3 rings (SSSR count). The Balaban J connectivity index is 1.77. The van der Waals surface area contributed by atoms with E-state index in [0.29, 0.717) is 5.56 Å². The number of hydrogen-bond acceptors (Lipinski definition) is 3. The summed E-state index contributed by atoms with van der Waals surface area (Å²) in [6.45, 7) is 1.93. The van der Waals surface area contributed by atoms with Crippen LogP contribution in [0.4, 0.5) is 0 Å². The summed E-state index contributed by atoms with van der Waals surface area (Å²) in [5.41, 5.74) is 1.44. The van der Waals surface area contributed by atoms with Crippen LogP contribution in [0.15, 0.2) is 59.0 Å². The number of carbonyl (C=O) groups is 1. The molecule has 1 aromatic heterocycles. The van der Waals surface area contributed by atoms with Gasteiger partial charge in [0.1, 0.15) is 17.1 Å². The largest absolute Gasteiger partial charge is 0.508 e. The number of carbonyl (C=O) groups excluding carboxylic acids is 1. The highest BCUT2D eigenvalue weighted by Gasteiger charge is 2.21. The van der Waals surface area contributed by atoms with E-state index in [1.165, 1.54) is 0 Å². The molecule has 0 fully saturated rings. The SMILES string of the molecule is CC(c1cc2ccccc2o1)N(C)C(=O)Cc1ccccc1O. The van der Waals surface area contributed by atoms with E-state index >= 15 is 0 Å². The first kappa shape index (κ1) is 15.2. The minimum Gasteiger partial charge on any atom is -0.508 e. The molecule has 0 aliphatic carbocycles. The molecule has 0 aliphatic rings. The Hall–Kier alpha value is -2.75. The number of furan rings is 1. The predicted molar refractivity (Wildman–Crippen MR) is 89.2 cm³/mol. The predicted octanol–water partition coefficient (Wildman–Crippen LogP) is 3.90. The van der Waals surface area contributed by atoms with Crippen LogP contribution in [0.1, 0.15) is 24.3 Å². The van der Waals surface area contributed by atoms with Crippen molar-refractivity contribution < 1.29 is 14.3 Å². The molecule has 0 bridgehead atoms. The Morgan fingerprint density at radius 3 is 2.61 bits per heavy atom. The van der Waals surface area contributed by atoms with Gasteiger partial charge in [0, 0.05) is 18.0 Å². The molecule has 4 nitrogen and oxygen atoms in total. The van der Waals surface area contributed by atoms with Crippen LogP contribution in [0.25, 0.3) is 11.0 Å². The van der Waals surface area contributed by atoms with E-state index in [-0.39, 0.29) is 24.1 Å². The molecule has 0 spiro atoms. The molecule has 0 radical (unpaired) electrons. The average Bonchev–Trinajstić information content (AvgIpc) is 2.99. The van der Waals surface area contributed by atoms with Gasteiger partial charge in [0.25, 0.3) is 0 Å². The molecule has 1 unspecified atom stereocenters. The summed E-state index contributed by atoms with van der Waals surface area (Å²) < 4.78 is 5.83. The van der Waals surface area contributed by atoms with Gasteiger partial charge in [-0.1, -0.05) is 36.4 Å². The van der Waals surface area contributed by atoms with E-state index in [2.05, 4.69) is 0 Å². The number of aromatic hydroxyl groups is 1. The molecule has 1 atom stereocenters. The van der Waals surface area contributed by atoms with Crippen molar-refractivity contribution in [3.63, 3.8) is 0 Å². The summed E-state index contributed by atoms with van der Waals surface area (Å²) in [4.78, 5) is 14.1. The number of phenols is 1. The molecule has 118 valence electrons. The van der Waals surface area contributed by atoms with Gasteiger partial charge in [0.2, 0.25) is 5.91 Å². The van der Waals surface area contributed by atoms with Crippen molar-refractivity contribution in [2.75, 3.05) is 7.05 Å². The van der Waals surface area contributed by atoms with Crippen molar-refractivity contribution in [3.05, 3.63) is 65.9 Å². The number of amides is 1. The van der Waals surface area contributed by atoms with Gasteiger partial charge >= 0.3 is 0 Å². The number of para-hydroxylation sites is 2. The van der Waals surface area contributed by atoms with Crippen LogP contribution >= 0.6 is 0 Å². The quantitative estimate of drug-likeness (QED) is 0.795. The number of phenolic OH excluding ortho intramolecular Hbond substituents is 1. The molecule has 1 amide bonds. The topological polar surface area (TPSA) is 53.7 Å². The number of rotatable bonds is 4. The molecule has 0 aliphatic heterocycles. The average molecular weight is 309 g/mol. The fraction of sp³-hybridized carbons (Fsp3) is 0.211. The zero-order chi connectivity index (χ0) is 16.4. The molecular formula is C19H19NO3.